The minimum Gasteiger partial charge on any atom is -0.461 e. The van der Waals surface area contributed by atoms with E-state index in [-0.39, 0.29) is 0 Å². The molecule has 0 radical (unpaired) electrons. The number of tetrazole rings is 2. The van der Waals surface area contributed by atoms with Crippen LogP contribution in [0.4, 0.5) is 0 Å². The molecule has 166 valence electrons. The van der Waals surface area contributed by atoms with Gasteiger partial charge in [0, 0.05) is 15.9 Å². The topological polar surface area (TPSA) is 91.3 Å². The second-order valence-electron chi connectivity index (χ2n) is 7.39. The predicted molar refractivity (Wildman–Crippen MR) is 126 cm³/mol. The van der Waals surface area contributed by atoms with E-state index in [1.165, 1.54) is 4.80 Å². The Kier molecular flexibility index (Phi) is 5.01. The summed E-state index contributed by atoms with van der Waals surface area (Å²) < 4.78 is 5.42. The quantitative estimate of drug-likeness (QED) is 0.333. The Labute approximate surface area is 202 Å². The number of hydrogen-bond acceptors (Lipinski definition) is 7. The largest absolute Gasteiger partial charge is 0.461 e. The van der Waals surface area contributed by atoms with Crippen LogP contribution in [0.3, 0.4) is 0 Å². The Morgan fingerprint density at radius 1 is 0.971 bits per heavy atom. The molecule has 4 aromatic heterocycles. The van der Waals surface area contributed by atoms with Crippen LogP contribution >= 0.6 is 22.9 Å². The molecular weight excluding hydrogens is 472 g/mol. The maximum atomic E-state index is 6.50. The number of aromatic nitrogens is 8. The summed E-state index contributed by atoms with van der Waals surface area (Å²) in [6.07, 6.45) is 1.57. The predicted octanol–water partition coefficient (Wildman–Crippen LogP) is 4.47. The minimum atomic E-state index is 0.374. The number of rotatable bonds is 5. The summed E-state index contributed by atoms with van der Waals surface area (Å²) in [5.41, 5.74) is 3.00. The van der Waals surface area contributed by atoms with Crippen molar-refractivity contribution in [1.82, 2.24) is 35.2 Å². The van der Waals surface area contributed by atoms with Gasteiger partial charge in [-0.1, -0.05) is 35.9 Å². The SMILES string of the molecule is Cc1cc(Cl)cc(-[n+]2nc(-c3cccs3)nn2-c2ccccc2)c1-n1nnc(-c2ccco2)n1. The Balaban J connectivity index is 1.58. The van der Waals surface area contributed by atoms with E-state index in [4.69, 9.17) is 26.2 Å². The highest BCUT2D eigenvalue weighted by Gasteiger charge is 2.28. The van der Waals surface area contributed by atoms with Crippen molar-refractivity contribution in [1.29, 1.82) is 0 Å². The van der Waals surface area contributed by atoms with Crippen molar-refractivity contribution in [3.63, 3.8) is 0 Å². The molecule has 0 aliphatic carbocycles. The van der Waals surface area contributed by atoms with Gasteiger partial charge in [-0.05, 0) is 69.4 Å². The first-order valence-corrected chi connectivity index (χ1v) is 11.6. The third-order valence-corrected chi connectivity index (χ3v) is 6.19. The molecule has 0 aliphatic heterocycles. The van der Waals surface area contributed by atoms with Gasteiger partial charge >= 0.3 is 5.82 Å². The molecule has 0 saturated heterocycles. The van der Waals surface area contributed by atoms with E-state index in [0.717, 1.165) is 16.1 Å². The van der Waals surface area contributed by atoms with Gasteiger partial charge in [0.05, 0.1) is 11.4 Å². The lowest BCUT2D eigenvalue weighted by atomic mass is 10.1. The molecule has 0 fully saturated rings. The summed E-state index contributed by atoms with van der Waals surface area (Å²) >= 11 is 8.07. The van der Waals surface area contributed by atoms with Crippen LogP contribution in [0.2, 0.25) is 5.02 Å². The molecule has 0 saturated carbocycles. The monoisotopic (exact) mass is 487 g/mol. The normalized spacial score (nSPS) is 11.2. The summed E-state index contributed by atoms with van der Waals surface area (Å²) in [7, 11) is 0. The van der Waals surface area contributed by atoms with Crippen LogP contribution in [0.5, 0.6) is 0 Å². The fourth-order valence-corrected chi connectivity index (χ4v) is 4.53. The number of hydrogen-bond donors (Lipinski definition) is 0. The first kappa shape index (κ1) is 20.5. The first-order chi connectivity index (χ1) is 16.7. The number of furan rings is 1. The van der Waals surface area contributed by atoms with Crippen molar-refractivity contribution in [3.8, 4) is 39.3 Å². The molecule has 6 aromatic rings. The molecule has 0 aliphatic rings. The van der Waals surface area contributed by atoms with Crippen molar-refractivity contribution in [2.75, 3.05) is 0 Å². The summed E-state index contributed by atoms with van der Waals surface area (Å²) in [5.74, 6) is 1.49. The Bertz CT molecular complexity index is 1570. The smallest absolute Gasteiger partial charge is 0.349 e. The lowest BCUT2D eigenvalue weighted by Crippen LogP contribution is -2.44. The van der Waals surface area contributed by atoms with E-state index >= 15 is 0 Å². The number of para-hydroxylation sites is 1. The molecule has 9 nitrogen and oxygen atoms in total. The van der Waals surface area contributed by atoms with E-state index < -0.39 is 0 Å². The van der Waals surface area contributed by atoms with E-state index in [1.807, 2.05) is 66.9 Å². The summed E-state index contributed by atoms with van der Waals surface area (Å²) in [5, 5.41) is 25.2. The molecule has 0 spiro atoms. The van der Waals surface area contributed by atoms with Gasteiger partial charge in [-0.2, -0.15) is 0 Å². The van der Waals surface area contributed by atoms with Crippen LogP contribution in [0.25, 0.3) is 39.3 Å². The third-order valence-electron chi connectivity index (χ3n) is 5.10. The van der Waals surface area contributed by atoms with Crippen LogP contribution in [0.15, 0.2) is 82.8 Å². The molecule has 0 amide bonds. The maximum absolute atomic E-state index is 6.50. The number of benzene rings is 2. The fourth-order valence-electron chi connectivity index (χ4n) is 3.62. The van der Waals surface area contributed by atoms with Gasteiger partial charge in [0.1, 0.15) is 16.3 Å². The number of thiophene rings is 1. The zero-order valence-electron chi connectivity index (χ0n) is 17.8. The Morgan fingerprint density at radius 3 is 2.62 bits per heavy atom. The van der Waals surface area contributed by atoms with Crippen molar-refractivity contribution < 1.29 is 9.21 Å². The highest BCUT2D eigenvalue weighted by Crippen LogP contribution is 2.26. The van der Waals surface area contributed by atoms with Gasteiger partial charge in [-0.25, -0.2) is 0 Å². The van der Waals surface area contributed by atoms with Crippen LogP contribution in [0, 0.1) is 6.92 Å². The molecule has 0 atom stereocenters. The highest BCUT2D eigenvalue weighted by molar-refractivity contribution is 7.13. The fraction of sp³-hybridized carbons (Fsp3) is 0.0435. The molecule has 0 unspecified atom stereocenters. The van der Waals surface area contributed by atoms with Crippen LogP contribution < -0.4 is 4.80 Å². The Hall–Kier alpha value is -4.15. The molecule has 0 bridgehead atoms. The van der Waals surface area contributed by atoms with Gasteiger partial charge in [-0.15, -0.1) is 26.3 Å². The third kappa shape index (κ3) is 3.58. The molecule has 6 rings (SSSR count). The van der Waals surface area contributed by atoms with Crippen LogP contribution in [0.1, 0.15) is 5.56 Å². The summed E-state index contributed by atoms with van der Waals surface area (Å²) in [6.45, 7) is 1.94. The molecule has 11 heteroatoms. The van der Waals surface area contributed by atoms with Crippen molar-refractivity contribution in [2.24, 2.45) is 0 Å². The first-order valence-electron chi connectivity index (χ1n) is 10.3. The molecule has 34 heavy (non-hydrogen) atoms. The molecule has 0 N–H and O–H groups in total. The van der Waals surface area contributed by atoms with Crippen molar-refractivity contribution in [2.45, 2.75) is 6.92 Å². The molecule has 2 aromatic carbocycles. The number of aryl methyl sites for hydroxylation is 1. The standard InChI is InChI=1S/C23H16ClN8OS/c1-15-13-16(24)14-18(21(15)30-26-22(25-29-30)19-9-5-11-33-19)32-28-23(20-10-6-12-34-20)27-31(32)17-7-3-2-4-8-17/h2-14H,1H3/q+1. The van der Waals surface area contributed by atoms with Gasteiger partial charge < -0.3 is 4.42 Å². The van der Waals surface area contributed by atoms with Crippen LogP contribution in [-0.4, -0.2) is 35.2 Å². The lowest BCUT2D eigenvalue weighted by Gasteiger charge is -2.09. The second kappa shape index (κ2) is 8.32. The number of nitrogens with zero attached hydrogens (tertiary/aromatic N) is 8. The average molecular weight is 488 g/mol. The maximum Gasteiger partial charge on any atom is 0.349 e. The molecule has 4 heterocycles. The second-order valence-corrected chi connectivity index (χ2v) is 8.77. The van der Waals surface area contributed by atoms with Crippen LogP contribution in [-0.2, 0) is 0 Å². The lowest BCUT2D eigenvalue weighted by molar-refractivity contribution is -0.734. The zero-order valence-corrected chi connectivity index (χ0v) is 19.4. The summed E-state index contributed by atoms with van der Waals surface area (Å²) in [4.78, 5) is 5.84. The summed E-state index contributed by atoms with van der Waals surface area (Å²) in [6, 6.07) is 20.9. The molecular formula is C23H16ClN8OS+. The van der Waals surface area contributed by atoms with Gasteiger partial charge in [0.2, 0.25) is 11.5 Å². The Morgan fingerprint density at radius 2 is 1.85 bits per heavy atom. The van der Waals surface area contributed by atoms with Gasteiger partial charge in [-0.3, -0.25) is 0 Å². The minimum absolute atomic E-state index is 0.374. The van der Waals surface area contributed by atoms with E-state index in [1.54, 1.807) is 39.3 Å². The van der Waals surface area contributed by atoms with E-state index in [9.17, 15) is 0 Å². The van der Waals surface area contributed by atoms with Gasteiger partial charge in [0.25, 0.3) is 0 Å². The van der Waals surface area contributed by atoms with Gasteiger partial charge in [0.15, 0.2) is 5.76 Å². The number of halogens is 1. The van der Waals surface area contributed by atoms with E-state index in [0.29, 0.717) is 33.8 Å². The van der Waals surface area contributed by atoms with E-state index in [2.05, 4.69) is 15.4 Å². The average Bonchev–Trinajstić information content (AvgIpc) is 3.65. The zero-order chi connectivity index (χ0) is 23.1. The van der Waals surface area contributed by atoms with Crippen molar-refractivity contribution >= 4 is 22.9 Å². The van der Waals surface area contributed by atoms with Crippen molar-refractivity contribution in [3.05, 3.63) is 89.0 Å². The highest BCUT2D eigenvalue weighted by atomic mass is 35.5.